The maximum Gasteiger partial charge on any atom is 0.175 e. The zero-order chi connectivity index (χ0) is 9.26. The number of imidazole rings is 1. The molecule has 1 N–H and O–H groups in total. The average Bonchev–Trinajstić information content (AvgIpc) is 2.47. The maximum absolute atomic E-state index is 4.28. The molecule has 13 heavy (non-hydrogen) atoms. The molecule has 0 aromatic carbocycles. The van der Waals surface area contributed by atoms with Gasteiger partial charge in [0.15, 0.2) is 4.73 Å². The highest BCUT2D eigenvalue weighted by Crippen LogP contribution is 2.20. The van der Waals surface area contributed by atoms with Crippen molar-refractivity contribution in [2.45, 2.75) is 6.92 Å². The van der Waals surface area contributed by atoms with E-state index in [1.165, 1.54) is 0 Å². The van der Waals surface area contributed by atoms with Crippen LogP contribution in [0.5, 0.6) is 0 Å². The van der Waals surface area contributed by atoms with Crippen LogP contribution in [-0.4, -0.2) is 15.0 Å². The van der Waals surface area contributed by atoms with Crippen molar-refractivity contribution in [3.05, 3.63) is 34.8 Å². The molecular weight excluding hydrogens is 230 g/mol. The zero-order valence-corrected chi connectivity index (χ0v) is 8.67. The van der Waals surface area contributed by atoms with E-state index in [2.05, 4.69) is 30.9 Å². The Bertz CT molecular complexity index is 408. The van der Waals surface area contributed by atoms with Crippen LogP contribution in [0.15, 0.2) is 29.1 Å². The van der Waals surface area contributed by atoms with E-state index in [0.717, 1.165) is 21.8 Å². The summed E-state index contributed by atoms with van der Waals surface area (Å²) >= 11 is 3.29. The average molecular weight is 238 g/mol. The predicted molar refractivity (Wildman–Crippen MR) is 54.3 cm³/mol. The van der Waals surface area contributed by atoms with Gasteiger partial charge in [-0.3, -0.25) is 4.98 Å². The van der Waals surface area contributed by atoms with Crippen molar-refractivity contribution in [1.29, 1.82) is 0 Å². The van der Waals surface area contributed by atoms with Crippen LogP contribution >= 0.6 is 15.9 Å². The molecule has 2 rings (SSSR count). The van der Waals surface area contributed by atoms with Crippen molar-refractivity contribution in [3.8, 4) is 11.4 Å². The monoisotopic (exact) mass is 237 g/mol. The molecular formula is C9H8BrN3. The minimum atomic E-state index is 0.741. The summed E-state index contributed by atoms with van der Waals surface area (Å²) in [6.07, 6.45) is 1.76. The number of aryl methyl sites for hydroxylation is 1. The number of halogens is 1. The molecule has 0 atom stereocenters. The van der Waals surface area contributed by atoms with Gasteiger partial charge in [-0.15, -0.1) is 0 Å². The lowest BCUT2D eigenvalue weighted by Crippen LogP contribution is -1.83. The highest BCUT2D eigenvalue weighted by atomic mass is 79.9. The van der Waals surface area contributed by atoms with Gasteiger partial charge in [-0.2, -0.15) is 0 Å². The van der Waals surface area contributed by atoms with Gasteiger partial charge in [0.1, 0.15) is 5.69 Å². The summed E-state index contributed by atoms with van der Waals surface area (Å²) in [6.45, 7) is 1.97. The predicted octanol–water partition coefficient (Wildman–Crippen LogP) is 2.54. The van der Waals surface area contributed by atoms with E-state index in [0.29, 0.717) is 0 Å². The van der Waals surface area contributed by atoms with Crippen molar-refractivity contribution >= 4 is 15.9 Å². The summed E-state index contributed by atoms with van der Waals surface area (Å²) in [7, 11) is 0. The van der Waals surface area contributed by atoms with E-state index in [-0.39, 0.29) is 0 Å². The van der Waals surface area contributed by atoms with E-state index < -0.39 is 0 Å². The van der Waals surface area contributed by atoms with Crippen molar-refractivity contribution in [1.82, 2.24) is 15.0 Å². The molecule has 0 fully saturated rings. The van der Waals surface area contributed by atoms with Crippen LogP contribution in [0, 0.1) is 6.92 Å². The largest absolute Gasteiger partial charge is 0.336 e. The Kier molecular flexibility index (Phi) is 2.14. The first-order valence-corrected chi connectivity index (χ1v) is 4.70. The third-order valence-corrected chi connectivity index (χ3v) is 2.14. The van der Waals surface area contributed by atoms with Crippen molar-refractivity contribution < 1.29 is 0 Å². The zero-order valence-electron chi connectivity index (χ0n) is 7.08. The second-order valence-corrected chi connectivity index (χ2v) is 3.47. The Balaban J connectivity index is 2.53. The van der Waals surface area contributed by atoms with Crippen LogP contribution in [0.4, 0.5) is 0 Å². The summed E-state index contributed by atoms with van der Waals surface area (Å²) in [4.78, 5) is 11.6. The minimum absolute atomic E-state index is 0.741. The summed E-state index contributed by atoms with van der Waals surface area (Å²) < 4.78 is 0.741. The fourth-order valence-electron chi connectivity index (χ4n) is 1.18. The molecule has 0 spiro atoms. The third-order valence-electron chi connectivity index (χ3n) is 1.76. The molecule has 0 aliphatic carbocycles. The van der Waals surface area contributed by atoms with Gasteiger partial charge in [0, 0.05) is 11.9 Å². The first-order valence-electron chi connectivity index (χ1n) is 3.91. The van der Waals surface area contributed by atoms with Gasteiger partial charge in [0.05, 0.1) is 5.69 Å². The third kappa shape index (κ3) is 1.62. The fourth-order valence-corrected chi connectivity index (χ4v) is 1.65. The molecule has 4 heteroatoms. The van der Waals surface area contributed by atoms with E-state index >= 15 is 0 Å². The number of nitrogens with zero attached hydrogens (tertiary/aromatic N) is 2. The molecule has 0 amide bonds. The summed E-state index contributed by atoms with van der Waals surface area (Å²) in [5.41, 5.74) is 2.81. The summed E-state index contributed by atoms with van der Waals surface area (Å²) in [6, 6.07) is 5.78. The lowest BCUT2D eigenvalue weighted by atomic mass is 10.2. The highest BCUT2D eigenvalue weighted by Gasteiger charge is 2.07. The van der Waals surface area contributed by atoms with Crippen molar-refractivity contribution in [3.63, 3.8) is 0 Å². The second-order valence-electron chi connectivity index (χ2n) is 2.72. The molecule has 2 aromatic rings. The van der Waals surface area contributed by atoms with E-state index in [4.69, 9.17) is 0 Å². The number of aromatic amines is 1. The Morgan fingerprint density at radius 3 is 2.77 bits per heavy atom. The summed E-state index contributed by atoms with van der Waals surface area (Å²) in [5.74, 6) is 0. The molecule has 0 bridgehead atoms. The Hall–Kier alpha value is -1.16. The van der Waals surface area contributed by atoms with Crippen LogP contribution in [0.2, 0.25) is 0 Å². The molecule has 0 unspecified atom stereocenters. The van der Waals surface area contributed by atoms with Gasteiger partial charge in [-0.1, -0.05) is 6.07 Å². The number of H-pyrrole nitrogens is 1. The van der Waals surface area contributed by atoms with Gasteiger partial charge < -0.3 is 4.98 Å². The normalized spacial score (nSPS) is 10.3. The van der Waals surface area contributed by atoms with Crippen molar-refractivity contribution in [2.75, 3.05) is 0 Å². The lowest BCUT2D eigenvalue weighted by Gasteiger charge is -1.94. The van der Waals surface area contributed by atoms with Crippen LogP contribution in [0.1, 0.15) is 5.69 Å². The molecule has 66 valence electrons. The molecule has 0 saturated heterocycles. The van der Waals surface area contributed by atoms with E-state index in [9.17, 15) is 0 Å². The van der Waals surface area contributed by atoms with Crippen molar-refractivity contribution in [2.24, 2.45) is 0 Å². The number of hydrogen-bond donors (Lipinski definition) is 1. The first-order chi connectivity index (χ1) is 6.27. The fraction of sp³-hybridized carbons (Fsp3) is 0.111. The molecule has 3 nitrogen and oxygen atoms in total. The van der Waals surface area contributed by atoms with Crippen LogP contribution < -0.4 is 0 Å². The van der Waals surface area contributed by atoms with Crippen LogP contribution in [-0.2, 0) is 0 Å². The Morgan fingerprint density at radius 2 is 2.23 bits per heavy atom. The maximum atomic E-state index is 4.28. The number of nitrogens with one attached hydrogen (secondary N) is 1. The molecule has 0 radical (unpaired) electrons. The van der Waals surface area contributed by atoms with Crippen LogP contribution in [0.25, 0.3) is 11.4 Å². The van der Waals surface area contributed by atoms with E-state index in [1.807, 2.05) is 25.1 Å². The number of rotatable bonds is 1. The molecule has 0 aliphatic rings. The quantitative estimate of drug-likeness (QED) is 0.829. The Morgan fingerprint density at radius 1 is 1.38 bits per heavy atom. The second kappa shape index (κ2) is 3.30. The molecule has 0 aliphatic heterocycles. The number of hydrogen-bond acceptors (Lipinski definition) is 2. The number of aromatic nitrogens is 3. The highest BCUT2D eigenvalue weighted by molar-refractivity contribution is 9.10. The standard InChI is InChI=1S/C9H8BrN3/c1-6-8(13-9(10)12-6)7-4-2-3-5-11-7/h2-5H,1H3,(H,12,13). The molecule has 2 aromatic heterocycles. The topological polar surface area (TPSA) is 41.6 Å². The number of pyridine rings is 1. The smallest absolute Gasteiger partial charge is 0.175 e. The Labute approximate surface area is 84.4 Å². The lowest BCUT2D eigenvalue weighted by molar-refractivity contribution is 1.20. The molecule has 2 heterocycles. The van der Waals surface area contributed by atoms with Gasteiger partial charge in [0.2, 0.25) is 0 Å². The van der Waals surface area contributed by atoms with Gasteiger partial charge in [-0.05, 0) is 35.0 Å². The van der Waals surface area contributed by atoms with Gasteiger partial charge >= 0.3 is 0 Å². The summed E-state index contributed by atoms with van der Waals surface area (Å²) in [5, 5.41) is 0. The SMILES string of the molecule is Cc1[nH]c(Br)nc1-c1ccccn1. The van der Waals surface area contributed by atoms with E-state index in [1.54, 1.807) is 6.20 Å². The molecule has 0 saturated carbocycles. The minimum Gasteiger partial charge on any atom is -0.336 e. The first kappa shape index (κ1) is 8.44. The van der Waals surface area contributed by atoms with Crippen LogP contribution in [0.3, 0.4) is 0 Å². The van der Waals surface area contributed by atoms with Gasteiger partial charge in [0.25, 0.3) is 0 Å². The van der Waals surface area contributed by atoms with Gasteiger partial charge in [-0.25, -0.2) is 4.98 Å².